The Hall–Kier alpha value is -3.68. The first-order valence-electron chi connectivity index (χ1n) is 7.15. The van der Waals surface area contributed by atoms with E-state index in [1.54, 1.807) is 29.2 Å². The van der Waals surface area contributed by atoms with Gasteiger partial charge in [-0.1, -0.05) is 6.07 Å². The first kappa shape index (κ1) is 13.9. The van der Waals surface area contributed by atoms with Crippen molar-refractivity contribution in [1.29, 1.82) is 0 Å². The van der Waals surface area contributed by atoms with Crippen molar-refractivity contribution < 1.29 is 9.90 Å². The van der Waals surface area contributed by atoms with Gasteiger partial charge in [0.15, 0.2) is 5.65 Å². The van der Waals surface area contributed by atoms with Gasteiger partial charge in [-0.15, -0.1) is 5.10 Å². The van der Waals surface area contributed by atoms with E-state index in [1.807, 2.05) is 29.0 Å². The zero-order valence-electron chi connectivity index (χ0n) is 12.4. The van der Waals surface area contributed by atoms with E-state index in [2.05, 4.69) is 20.4 Å². The van der Waals surface area contributed by atoms with Gasteiger partial charge in [-0.25, -0.2) is 9.78 Å². The molecule has 0 fully saturated rings. The quantitative estimate of drug-likeness (QED) is 0.599. The van der Waals surface area contributed by atoms with Gasteiger partial charge in [-0.3, -0.25) is 4.57 Å². The molecule has 0 aliphatic rings. The van der Waals surface area contributed by atoms with Crippen molar-refractivity contribution in [3.05, 3.63) is 66.7 Å². The minimum atomic E-state index is -0.961. The number of fused-ring (bicyclic) bond motifs is 1. The van der Waals surface area contributed by atoms with E-state index in [9.17, 15) is 4.79 Å². The van der Waals surface area contributed by atoms with Crippen molar-refractivity contribution >= 4 is 23.3 Å². The standard InChI is InChI=1S/C16H12N6O2/c23-15(24)11-4-6-12(7-5-11)18-16-19-13-2-1-3-14(22(13)20-16)21-9-8-17-10-21/h1-10H,(H,18,20)(H,23,24). The predicted molar refractivity (Wildman–Crippen MR) is 86.8 cm³/mol. The fraction of sp³-hybridized carbons (Fsp3) is 0. The van der Waals surface area contributed by atoms with Crippen LogP contribution in [0.4, 0.5) is 11.6 Å². The molecule has 4 aromatic rings. The Morgan fingerprint density at radius 1 is 1.12 bits per heavy atom. The van der Waals surface area contributed by atoms with Crippen molar-refractivity contribution in [2.45, 2.75) is 0 Å². The molecule has 2 N–H and O–H groups in total. The molecule has 8 nitrogen and oxygen atoms in total. The van der Waals surface area contributed by atoms with Crippen LogP contribution in [0.25, 0.3) is 11.5 Å². The van der Waals surface area contributed by atoms with E-state index < -0.39 is 5.97 Å². The van der Waals surface area contributed by atoms with E-state index in [4.69, 9.17) is 5.11 Å². The Labute approximate surface area is 136 Å². The number of pyridine rings is 1. The molecule has 118 valence electrons. The average molecular weight is 320 g/mol. The van der Waals surface area contributed by atoms with Crippen LogP contribution in [0.15, 0.2) is 61.2 Å². The molecule has 4 rings (SSSR count). The van der Waals surface area contributed by atoms with Gasteiger partial charge in [-0.2, -0.15) is 9.50 Å². The molecular formula is C16H12N6O2. The van der Waals surface area contributed by atoms with Crippen LogP contribution in [0.5, 0.6) is 0 Å². The number of nitrogens with zero attached hydrogens (tertiary/aromatic N) is 5. The number of benzene rings is 1. The minimum absolute atomic E-state index is 0.228. The third-order valence-corrected chi connectivity index (χ3v) is 3.50. The molecule has 0 amide bonds. The second-order valence-electron chi connectivity index (χ2n) is 5.07. The van der Waals surface area contributed by atoms with Gasteiger partial charge in [0.1, 0.15) is 12.1 Å². The number of carbonyl (C=O) groups is 1. The Morgan fingerprint density at radius 3 is 2.67 bits per heavy atom. The van der Waals surface area contributed by atoms with Crippen LogP contribution in [0.2, 0.25) is 0 Å². The highest BCUT2D eigenvalue weighted by molar-refractivity contribution is 5.88. The van der Waals surface area contributed by atoms with Crippen LogP contribution >= 0.6 is 0 Å². The molecule has 0 saturated heterocycles. The number of imidazole rings is 1. The maximum atomic E-state index is 10.9. The molecule has 0 aliphatic carbocycles. The van der Waals surface area contributed by atoms with Gasteiger partial charge in [0.25, 0.3) is 0 Å². The minimum Gasteiger partial charge on any atom is -0.478 e. The van der Waals surface area contributed by atoms with E-state index >= 15 is 0 Å². The van der Waals surface area contributed by atoms with Gasteiger partial charge in [0.2, 0.25) is 5.95 Å². The third kappa shape index (κ3) is 2.45. The first-order chi connectivity index (χ1) is 11.7. The van der Waals surface area contributed by atoms with Crippen LogP contribution in [-0.2, 0) is 0 Å². The van der Waals surface area contributed by atoms with Crippen molar-refractivity contribution in [3.63, 3.8) is 0 Å². The van der Waals surface area contributed by atoms with E-state index in [0.29, 0.717) is 17.3 Å². The van der Waals surface area contributed by atoms with E-state index in [1.165, 1.54) is 12.1 Å². The van der Waals surface area contributed by atoms with E-state index in [0.717, 1.165) is 5.82 Å². The Balaban J connectivity index is 1.68. The molecule has 0 radical (unpaired) electrons. The number of anilines is 2. The van der Waals surface area contributed by atoms with Gasteiger partial charge < -0.3 is 10.4 Å². The average Bonchev–Trinajstić information content (AvgIpc) is 3.24. The summed E-state index contributed by atoms with van der Waals surface area (Å²) in [7, 11) is 0. The van der Waals surface area contributed by atoms with Crippen LogP contribution in [0.3, 0.4) is 0 Å². The number of hydrogen-bond acceptors (Lipinski definition) is 5. The monoisotopic (exact) mass is 320 g/mol. The highest BCUT2D eigenvalue weighted by Gasteiger charge is 2.09. The summed E-state index contributed by atoms with van der Waals surface area (Å²) in [6, 6.07) is 12.1. The lowest BCUT2D eigenvalue weighted by atomic mass is 10.2. The summed E-state index contributed by atoms with van der Waals surface area (Å²) in [5, 5.41) is 16.4. The number of aromatic carboxylic acids is 1. The van der Waals surface area contributed by atoms with Crippen molar-refractivity contribution in [2.75, 3.05) is 5.32 Å². The number of nitrogens with one attached hydrogen (secondary N) is 1. The Morgan fingerprint density at radius 2 is 1.96 bits per heavy atom. The lowest BCUT2D eigenvalue weighted by molar-refractivity contribution is 0.0697. The van der Waals surface area contributed by atoms with Crippen LogP contribution in [-0.4, -0.2) is 35.2 Å². The lowest BCUT2D eigenvalue weighted by Gasteiger charge is -2.03. The normalized spacial score (nSPS) is 10.8. The summed E-state index contributed by atoms with van der Waals surface area (Å²) >= 11 is 0. The number of rotatable bonds is 4. The summed E-state index contributed by atoms with van der Waals surface area (Å²) < 4.78 is 3.54. The third-order valence-electron chi connectivity index (χ3n) is 3.50. The fourth-order valence-corrected chi connectivity index (χ4v) is 2.36. The van der Waals surface area contributed by atoms with Gasteiger partial charge in [0, 0.05) is 18.1 Å². The molecule has 8 heteroatoms. The summed E-state index contributed by atoms with van der Waals surface area (Å²) in [4.78, 5) is 19.3. The topological polar surface area (TPSA) is 97.3 Å². The number of aromatic nitrogens is 5. The van der Waals surface area contributed by atoms with Crippen molar-refractivity contribution in [2.24, 2.45) is 0 Å². The highest BCUT2D eigenvalue weighted by atomic mass is 16.4. The molecule has 0 unspecified atom stereocenters. The zero-order chi connectivity index (χ0) is 16.5. The second-order valence-corrected chi connectivity index (χ2v) is 5.07. The zero-order valence-corrected chi connectivity index (χ0v) is 12.4. The smallest absolute Gasteiger partial charge is 0.335 e. The molecule has 0 bridgehead atoms. The highest BCUT2D eigenvalue weighted by Crippen LogP contribution is 2.17. The van der Waals surface area contributed by atoms with Gasteiger partial charge in [0.05, 0.1) is 5.56 Å². The first-order valence-corrected chi connectivity index (χ1v) is 7.15. The molecule has 3 heterocycles. The van der Waals surface area contributed by atoms with Crippen LogP contribution in [0.1, 0.15) is 10.4 Å². The number of carboxylic acids is 1. The molecular weight excluding hydrogens is 308 g/mol. The Bertz CT molecular complexity index is 1000. The largest absolute Gasteiger partial charge is 0.478 e. The molecule has 24 heavy (non-hydrogen) atoms. The van der Waals surface area contributed by atoms with E-state index in [-0.39, 0.29) is 5.56 Å². The summed E-state index contributed by atoms with van der Waals surface area (Å²) in [6.07, 6.45) is 5.21. The molecule has 1 aromatic carbocycles. The van der Waals surface area contributed by atoms with Crippen LogP contribution in [0, 0.1) is 0 Å². The van der Waals surface area contributed by atoms with Crippen molar-refractivity contribution in [3.8, 4) is 5.82 Å². The Kier molecular flexibility index (Phi) is 3.20. The summed E-state index contributed by atoms with van der Waals surface area (Å²) in [5.74, 6) is 0.273. The molecule has 3 aromatic heterocycles. The SMILES string of the molecule is O=C(O)c1ccc(Nc2nc3cccc(-n4ccnc4)n3n2)cc1. The molecule has 0 atom stereocenters. The second kappa shape index (κ2) is 5.51. The van der Waals surface area contributed by atoms with Gasteiger partial charge >= 0.3 is 5.97 Å². The maximum Gasteiger partial charge on any atom is 0.335 e. The number of carboxylic acid groups (broad SMARTS) is 1. The fourth-order valence-electron chi connectivity index (χ4n) is 2.36. The summed E-state index contributed by atoms with van der Waals surface area (Å²) in [6.45, 7) is 0. The van der Waals surface area contributed by atoms with Crippen LogP contribution < -0.4 is 5.32 Å². The van der Waals surface area contributed by atoms with Gasteiger partial charge in [-0.05, 0) is 36.4 Å². The molecule has 0 saturated carbocycles. The predicted octanol–water partition coefficient (Wildman–Crippen LogP) is 2.36. The molecule has 0 aliphatic heterocycles. The summed E-state index contributed by atoms with van der Waals surface area (Å²) in [5.41, 5.74) is 1.62. The maximum absolute atomic E-state index is 10.9. The lowest BCUT2D eigenvalue weighted by Crippen LogP contribution is -2.01. The van der Waals surface area contributed by atoms with Crippen molar-refractivity contribution in [1.82, 2.24) is 24.1 Å². The molecule has 0 spiro atoms. The number of hydrogen-bond donors (Lipinski definition) is 2.